The molecule has 6 nitrogen and oxygen atoms in total. The van der Waals surface area contributed by atoms with Crippen molar-refractivity contribution >= 4 is 23.3 Å². The van der Waals surface area contributed by atoms with Crippen LogP contribution in [-0.2, 0) is 0 Å². The highest BCUT2D eigenvalue weighted by molar-refractivity contribution is 6.04. The highest BCUT2D eigenvalue weighted by Gasteiger charge is 2.20. The fraction of sp³-hybridized carbons (Fsp3) is 0.600. The van der Waals surface area contributed by atoms with Crippen LogP contribution in [0.2, 0.25) is 0 Å². The predicted molar refractivity (Wildman–Crippen MR) is 106 cm³/mol. The van der Waals surface area contributed by atoms with E-state index < -0.39 is 0 Å². The molecule has 0 bridgehead atoms. The van der Waals surface area contributed by atoms with E-state index in [2.05, 4.69) is 15.2 Å². The highest BCUT2D eigenvalue weighted by atomic mass is 16.1. The Bertz CT molecular complexity index is 696. The third-order valence-corrected chi connectivity index (χ3v) is 5.19. The molecule has 1 amide bonds. The Morgan fingerprint density at radius 3 is 2.58 bits per heavy atom. The number of amidine groups is 1. The minimum absolute atomic E-state index is 0.137. The van der Waals surface area contributed by atoms with Crippen LogP contribution in [0.15, 0.2) is 17.3 Å². The van der Waals surface area contributed by atoms with Gasteiger partial charge in [-0.3, -0.25) is 15.2 Å². The van der Waals surface area contributed by atoms with Gasteiger partial charge in [0.15, 0.2) is 0 Å². The summed E-state index contributed by atoms with van der Waals surface area (Å²) in [4.78, 5) is 23.8. The van der Waals surface area contributed by atoms with Crippen molar-refractivity contribution in [3.8, 4) is 0 Å². The summed E-state index contributed by atoms with van der Waals surface area (Å²) in [5.74, 6) is 0.808. The van der Waals surface area contributed by atoms with Gasteiger partial charge in [0.1, 0.15) is 5.82 Å². The molecular formula is C20H29N5O. The summed E-state index contributed by atoms with van der Waals surface area (Å²) in [6.45, 7) is 5.41. The minimum atomic E-state index is -0.278. The lowest BCUT2D eigenvalue weighted by Crippen LogP contribution is -2.35. The normalized spacial score (nSPS) is 18.5. The summed E-state index contributed by atoms with van der Waals surface area (Å²) < 4.78 is 0. The van der Waals surface area contributed by atoms with Crippen LogP contribution in [-0.4, -0.2) is 41.6 Å². The largest absolute Gasteiger partial charge is 0.356 e. The molecule has 2 aliphatic rings. The van der Waals surface area contributed by atoms with E-state index in [0.29, 0.717) is 11.6 Å². The molecule has 0 spiro atoms. The van der Waals surface area contributed by atoms with Crippen LogP contribution in [0.3, 0.4) is 0 Å². The van der Waals surface area contributed by atoms with Crippen molar-refractivity contribution in [2.45, 2.75) is 64.8 Å². The number of anilines is 1. The van der Waals surface area contributed by atoms with Gasteiger partial charge in [-0.05, 0) is 38.3 Å². The Kier molecular flexibility index (Phi) is 6.01. The summed E-state index contributed by atoms with van der Waals surface area (Å²) >= 11 is 0. The molecule has 6 heteroatoms. The number of aromatic nitrogens is 1. The lowest BCUT2D eigenvalue weighted by Gasteiger charge is -2.31. The summed E-state index contributed by atoms with van der Waals surface area (Å²) in [7, 11) is 0. The monoisotopic (exact) mass is 355 g/mol. The molecule has 2 fully saturated rings. The van der Waals surface area contributed by atoms with Crippen molar-refractivity contribution in [3.63, 3.8) is 0 Å². The van der Waals surface area contributed by atoms with Crippen molar-refractivity contribution in [2.75, 3.05) is 18.0 Å². The zero-order valence-corrected chi connectivity index (χ0v) is 15.8. The molecule has 1 saturated carbocycles. The summed E-state index contributed by atoms with van der Waals surface area (Å²) in [5, 5.41) is 9.87. The molecule has 0 radical (unpaired) electrons. The highest BCUT2D eigenvalue weighted by Crippen LogP contribution is 2.24. The molecule has 0 aromatic carbocycles. The van der Waals surface area contributed by atoms with Crippen LogP contribution in [0.25, 0.3) is 0 Å². The Hall–Kier alpha value is -2.24. The first-order valence-electron chi connectivity index (χ1n) is 9.66. The fourth-order valence-corrected chi connectivity index (χ4v) is 3.84. The number of aryl methyl sites for hydroxylation is 1. The number of hydrogen-bond acceptors (Lipinski definition) is 5. The van der Waals surface area contributed by atoms with Crippen molar-refractivity contribution < 1.29 is 4.79 Å². The van der Waals surface area contributed by atoms with E-state index >= 15 is 0 Å². The van der Waals surface area contributed by atoms with E-state index in [4.69, 9.17) is 10.4 Å². The van der Waals surface area contributed by atoms with Gasteiger partial charge in [0.25, 0.3) is 5.91 Å². The molecule has 1 aliphatic heterocycles. The molecule has 1 aliphatic carbocycles. The molecule has 26 heavy (non-hydrogen) atoms. The van der Waals surface area contributed by atoms with Crippen LogP contribution in [0.1, 0.15) is 67.8 Å². The molecule has 140 valence electrons. The lowest BCUT2D eigenvalue weighted by molar-refractivity contribution is 0.0976. The number of nitrogens with one attached hydrogen (secondary N) is 2. The topological polar surface area (TPSA) is 81.4 Å². The van der Waals surface area contributed by atoms with Crippen LogP contribution in [0.5, 0.6) is 0 Å². The standard InChI is InChI=1S/C20H29N5O/c1-14-12-16(20(26)23-15(2)21)13-22-19(14)25-10-8-18(9-11-25)24-17-6-4-3-5-7-17/h12-13,17H,3-11H2,1-2H3,(H2,21,23,26). The number of hydrogen-bond donors (Lipinski definition) is 2. The van der Waals surface area contributed by atoms with Gasteiger partial charge in [0, 0.05) is 43.9 Å². The van der Waals surface area contributed by atoms with Gasteiger partial charge in [0.2, 0.25) is 0 Å². The van der Waals surface area contributed by atoms with Gasteiger partial charge < -0.3 is 10.2 Å². The maximum Gasteiger partial charge on any atom is 0.258 e. The zero-order chi connectivity index (χ0) is 18.5. The quantitative estimate of drug-likeness (QED) is 0.643. The van der Waals surface area contributed by atoms with Gasteiger partial charge in [-0.1, -0.05) is 19.3 Å². The molecule has 0 unspecified atom stereocenters. The molecule has 1 aromatic heterocycles. The van der Waals surface area contributed by atoms with E-state index in [-0.39, 0.29) is 11.7 Å². The van der Waals surface area contributed by atoms with Gasteiger partial charge >= 0.3 is 0 Å². The smallest absolute Gasteiger partial charge is 0.258 e. The maximum atomic E-state index is 12.0. The molecule has 0 atom stereocenters. The van der Waals surface area contributed by atoms with E-state index in [1.54, 1.807) is 13.1 Å². The van der Waals surface area contributed by atoms with Crippen molar-refractivity contribution in [1.82, 2.24) is 10.3 Å². The van der Waals surface area contributed by atoms with Crippen molar-refractivity contribution in [3.05, 3.63) is 23.4 Å². The summed E-state index contributed by atoms with van der Waals surface area (Å²) in [6.07, 6.45) is 10.2. The lowest BCUT2D eigenvalue weighted by atomic mass is 9.95. The molecule has 2 N–H and O–H groups in total. The summed E-state index contributed by atoms with van der Waals surface area (Å²) in [6, 6.07) is 2.41. The second kappa shape index (κ2) is 8.43. The van der Waals surface area contributed by atoms with E-state index in [9.17, 15) is 4.79 Å². The van der Waals surface area contributed by atoms with Crippen LogP contribution < -0.4 is 10.2 Å². The second-order valence-corrected chi connectivity index (χ2v) is 7.42. The first-order valence-corrected chi connectivity index (χ1v) is 9.66. The predicted octanol–water partition coefficient (Wildman–Crippen LogP) is 3.49. The van der Waals surface area contributed by atoms with E-state index in [1.807, 2.05) is 13.0 Å². The Morgan fingerprint density at radius 2 is 1.96 bits per heavy atom. The Morgan fingerprint density at radius 1 is 1.27 bits per heavy atom. The average molecular weight is 355 g/mol. The third kappa shape index (κ3) is 4.68. The first-order chi connectivity index (χ1) is 12.5. The first kappa shape index (κ1) is 18.5. The number of carbonyl (C=O) groups excluding carboxylic acids is 1. The molecule has 1 saturated heterocycles. The SMILES string of the molecule is CC(=N)NC(=O)c1cnc(N2CCC(=NC3CCCCC3)CC2)c(C)c1. The number of carbonyl (C=O) groups is 1. The minimum Gasteiger partial charge on any atom is -0.356 e. The maximum absolute atomic E-state index is 12.0. The number of amides is 1. The molecule has 2 heterocycles. The van der Waals surface area contributed by atoms with E-state index in [1.165, 1.54) is 37.8 Å². The van der Waals surface area contributed by atoms with Gasteiger partial charge in [-0.2, -0.15) is 0 Å². The number of piperidine rings is 1. The van der Waals surface area contributed by atoms with Gasteiger partial charge in [-0.25, -0.2) is 4.98 Å². The summed E-state index contributed by atoms with van der Waals surface area (Å²) in [5.41, 5.74) is 2.85. The average Bonchev–Trinajstić information content (AvgIpc) is 2.63. The van der Waals surface area contributed by atoms with Crippen LogP contribution in [0.4, 0.5) is 5.82 Å². The van der Waals surface area contributed by atoms with Crippen LogP contribution >= 0.6 is 0 Å². The number of pyridine rings is 1. The number of nitrogens with zero attached hydrogens (tertiary/aromatic N) is 3. The molecular weight excluding hydrogens is 326 g/mol. The molecule has 3 rings (SSSR count). The van der Waals surface area contributed by atoms with E-state index in [0.717, 1.165) is 37.3 Å². The third-order valence-electron chi connectivity index (χ3n) is 5.19. The van der Waals surface area contributed by atoms with Gasteiger partial charge in [-0.15, -0.1) is 0 Å². The number of rotatable bonds is 3. The Balaban J connectivity index is 1.61. The van der Waals surface area contributed by atoms with Crippen molar-refractivity contribution in [1.29, 1.82) is 5.41 Å². The zero-order valence-electron chi connectivity index (χ0n) is 15.8. The van der Waals surface area contributed by atoms with Gasteiger partial charge in [0.05, 0.1) is 11.4 Å². The second-order valence-electron chi connectivity index (χ2n) is 7.42. The Labute approximate surface area is 155 Å². The fourth-order valence-electron chi connectivity index (χ4n) is 3.84. The number of aliphatic imine (C=N–C) groups is 1. The van der Waals surface area contributed by atoms with Crippen molar-refractivity contribution in [2.24, 2.45) is 4.99 Å². The van der Waals surface area contributed by atoms with Crippen LogP contribution in [0, 0.1) is 12.3 Å². The molecule has 1 aromatic rings.